The lowest BCUT2D eigenvalue weighted by Crippen LogP contribution is -2.46. The lowest BCUT2D eigenvalue weighted by atomic mass is 10.0. The molecule has 1 aliphatic rings. The zero-order valence-electron chi connectivity index (χ0n) is 24.0. The molecular weight excluding hydrogens is 579 g/mol. The van der Waals surface area contributed by atoms with E-state index in [1.54, 1.807) is 24.3 Å². The van der Waals surface area contributed by atoms with Gasteiger partial charge in [0.15, 0.2) is 0 Å². The summed E-state index contributed by atoms with van der Waals surface area (Å²) in [6, 6.07) is 36.2. The number of carbonyl (C=O) groups is 1. The van der Waals surface area contributed by atoms with Crippen molar-refractivity contribution in [1.82, 2.24) is 14.5 Å². The number of hydrogen-bond donors (Lipinski definition) is 2. The first kappa shape index (κ1) is 31.0. The largest absolute Gasteiger partial charge is 0.395 e. The maximum atomic E-state index is 13.7. The summed E-state index contributed by atoms with van der Waals surface area (Å²) in [5, 5.41) is 12.0. The summed E-state index contributed by atoms with van der Waals surface area (Å²) < 4.78 is 28.8. The standard InChI is InChI=1S/C34H37N3O4S2/c38-24-22-36(26-27-10-4-1-5-11-27)21-20-32(30-14-8-3-9-15-30)35-33(39)34-37(23-25-42-34)43(40,41)31-18-16-29(17-19-31)28-12-6-2-7-13-28/h1-19,32,34,38H,20-26H2,(H,35,39). The van der Waals surface area contributed by atoms with E-state index in [-0.39, 0.29) is 30.0 Å². The first-order chi connectivity index (χ1) is 21.0. The van der Waals surface area contributed by atoms with Gasteiger partial charge < -0.3 is 10.4 Å². The van der Waals surface area contributed by atoms with Crippen LogP contribution in [-0.4, -0.2) is 66.0 Å². The number of amides is 1. The molecule has 5 rings (SSSR count). The number of aliphatic hydroxyl groups excluding tert-OH is 1. The van der Waals surface area contributed by atoms with Crippen LogP contribution in [0.5, 0.6) is 0 Å². The molecule has 0 radical (unpaired) electrons. The van der Waals surface area contributed by atoms with Crippen LogP contribution in [0.3, 0.4) is 0 Å². The minimum atomic E-state index is -3.88. The summed E-state index contributed by atoms with van der Waals surface area (Å²) in [4.78, 5) is 16.1. The smallest absolute Gasteiger partial charge is 0.249 e. The van der Waals surface area contributed by atoms with Crippen molar-refractivity contribution >= 4 is 27.7 Å². The van der Waals surface area contributed by atoms with Gasteiger partial charge in [0, 0.05) is 31.9 Å². The molecule has 1 amide bonds. The predicted molar refractivity (Wildman–Crippen MR) is 173 cm³/mol. The molecule has 0 saturated carbocycles. The summed E-state index contributed by atoms with van der Waals surface area (Å²) in [6.45, 7) is 2.14. The van der Waals surface area contributed by atoms with E-state index in [0.717, 1.165) is 22.3 Å². The van der Waals surface area contributed by atoms with Crippen molar-refractivity contribution in [3.05, 3.63) is 126 Å². The van der Waals surface area contributed by atoms with Crippen LogP contribution in [0, 0.1) is 0 Å². The second-order valence-corrected chi connectivity index (χ2v) is 13.6. The van der Waals surface area contributed by atoms with Crippen LogP contribution in [0.15, 0.2) is 120 Å². The topological polar surface area (TPSA) is 90.0 Å². The second-order valence-electron chi connectivity index (χ2n) is 10.5. The van der Waals surface area contributed by atoms with Gasteiger partial charge in [-0.1, -0.05) is 103 Å². The molecule has 1 aliphatic heterocycles. The molecule has 224 valence electrons. The third-order valence-electron chi connectivity index (χ3n) is 7.56. The van der Waals surface area contributed by atoms with Crippen LogP contribution in [0.2, 0.25) is 0 Å². The fourth-order valence-electron chi connectivity index (χ4n) is 5.31. The molecule has 1 saturated heterocycles. The van der Waals surface area contributed by atoms with Crippen LogP contribution < -0.4 is 5.32 Å². The van der Waals surface area contributed by atoms with Crippen LogP contribution in [0.25, 0.3) is 11.1 Å². The van der Waals surface area contributed by atoms with Gasteiger partial charge in [0.1, 0.15) is 5.37 Å². The number of nitrogens with one attached hydrogen (secondary N) is 1. The Morgan fingerprint density at radius 2 is 1.47 bits per heavy atom. The molecule has 2 N–H and O–H groups in total. The van der Waals surface area contributed by atoms with Crippen molar-refractivity contribution in [3.63, 3.8) is 0 Å². The van der Waals surface area contributed by atoms with Gasteiger partial charge in [-0.05, 0) is 40.8 Å². The fourth-order valence-corrected chi connectivity index (χ4v) is 8.39. The number of thioether (sulfide) groups is 1. The minimum absolute atomic E-state index is 0.0348. The minimum Gasteiger partial charge on any atom is -0.395 e. The van der Waals surface area contributed by atoms with Gasteiger partial charge >= 0.3 is 0 Å². The number of nitrogens with zero attached hydrogens (tertiary/aromatic N) is 2. The molecule has 43 heavy (non-hydrogen) atoms. The quantitative estimate of drug-likeness (QED) is 0.216. The summed E-state index contributed by atoms with van der Waals surface area (Å²) in [5.74, 6) is 0.217. The summed E-state index contributed by atoms with van der Waals surface area (Å²) in [7, 11) is -3.88. The number of aliphatic hydroxyl groups is 1. The van der Waals surface area contributed by atoms with Gasteiger partial charge in [0.25, 0.3) is 0 Å². The van der Waals surface area contributed by atoms with Crippen molar-refractivity contribution < 1.29 is 18.3 Å². The Hall–Kier alpha value is -3.47. The molecule has 0 aliphatic carbocycles. The lowest BCUT2D eigenvalue weighted by Gasteiger charge is -2.28. The highest BCUT2D eigenvalue weighted by molar-refractivity contribution is 8.02. The van der Waals surface area contributed by atoms with E-state index in [9.17, 15) is 18.3 Å². The molecule has 1 fully saturated rings. The van der Waals surface area contributed by atoms with Gasteiger partial charge in [0.05, 0.1) is 17.5 Å². The molecule has 4 aromatic carbocycles. The summed E-state index contributed by atoms with van der Waals surface area (Å²) in [5.41, 5.74) is 4.04. The number of rotatable bonds is 13. The van der Waals surface area contributed by atoms with Gasteiger partial charge in [0.2, 0.25) is 15.9 Å². The third kappa shape index (κ3) is 7.93. The average molecular weight is 616 g/mol. The zero-order valence-corrected chi connectivity index (χ0v) is 25.6. The molecule has 4 aromatic rings. The van der Waals surface area contributed by atoms with Gasteiger partial charge in [-0.15, -0.1) is 11.8 Å². The molecule has 0 spiro atoms. The lowest BCUT2D eigenvalue weighted by molar-refractivity contribution is -0.123. The molecule has 2 atom stereocenters. The van der Waals surface area contributed by atoms with Crippen LogP contribution in [0.1, 0.15) is 23.6 Å². The van der Waals surface area contributed by atoms with Gasteiger partial charge in [-0.3, -0.25) is 9.69 Å². The Morgan fingerprint density at radius 1 is 0.860 bits per heavy atom. The van der Waals surface area contributed by atoms with Crippen molar-refractivity contribution in [1.29, 1.82) is 0 Å². The molecular formula is C34H37N3O4S2. The molecule has 2 unspecified atom stereocenters. The fraction of sp³-hybridized carbons (Fsp3) is 0.265. The predicted octanol–water partition coefficient (Wildman–Crippen LogP) is 5.16. The SMILES string of the molecule is O=C(NC(CCN(CCO)Cc1ccccc1)c1ccccc1)C1SCCN1S(=O)(=O)c1ccc(-c2ccccc2)cc1. The maximum Gasteiger partial charge on any atom is 0.249 e. The van der Waals surface area contributed by atoms with Gasteiger partial charge in [-0.2, -0.15) is 4.31 Å². The first-order valence-electron chi connectivity index (χ1n) is 14.5. The molecule has 0 aromatic heterocycles. The van der Waals surface area contributed by atoms with E-state index in [4.69, 9.17) is 0 Å². The zero-order chi connectivity index (χ0) is 30.1. The van der Waals surface area contributed by atoms with Crippen LogP contribution in [0.4, 0.5) is 0 Å². The average Bonchev–Trinajstić information content (AvgIpc) is 3.56. The Labute approximate surface area is 258 Å². The van der Waals surface area contributed by atoms with Crippen LogP contribution in [-0.2, 0) is 21.4 Å². The molecule has 7 nitrogen and oxygen atoms in total. The molecule has 0 bridgehead atoms. The van der Waals surface area contributed by atoms with E-state index in [1.165, 1.54) is 16.1 Å². The Balaban J connectivity index is 1.30. The monoisotopic (exact) mass is 615 g/mol. The summed E-state index contributed by atoms with van der Waals surface area (Å²) in [6.07, 6.45) is 0.605. The number of sulfonamides is 1. The highest BCUT2D eigenvalue weighted by atomic mass is 32.2. The van der Waals surface area contributed by atoms with Crippen molar-refractivity contribution in [2.24, 2.45) is 0 Å². The van der Waals surface area contributed by atoms with E-state index in [0.29, 0.717) is 31.8 Å². The molecule has 1 heterocycles. The van der Waals surface area contributed by atoms with Gasteiger partial charge in [-0.25, -0.2) is 8.42 Å². The maximum absolute atomic E-state index is 13.7. The Morgan fingerprint density at radius 3 is 2.12 bits per heavy atom. The number of benzene rings is 4. The number of hydrogen-bond acceptors (Lipinski definition) is 6. The number of carbonyl (C=O) groups excluding carboxylic acids is 1. The second kappa shape index (κ2) is 14.8. The Bertz CT molecular complexity index is 1550. The normalized spacial score (nSPS) is 16.3. The van der Waals surface area contributed by atoms with Crippen molar-refractivity contribution in [3.8, 4) is 11.1 Å². The highest BCUT2D eigenvalue weighted by Crippen LogP contribution is 2.32. The van der Waals surface area contributed by atoms with Crippen molar-refractivity contribution in [2.75, 3.05) is 32.0 Å². The van der Waals surface area contributed by atoms with E-state index >= 15 is 0 Å². The molecule has 9 heteroatoms. The highest BCUT2D eigenvalue weighted by Gasteiger charge is 2.40. The van der Waals surface area contributed by atoms with E-state index in [1.807, 2.05) is 78.9 Å². The van der Waals surface area contributed by atoms with E-state index < -0.39 is 15.4 Å². The first-order valence-corrected chi connectivity index (χ1v) is 17.0. The Kier molecular flexibility index (Phi) is 10.7. The van der Waals surface area contributed by atoms with Crippen LogP contribution >= 0.6 is 11.8 Å². The third-order valence-corrected chi connectivity index (χ3v) is 10.8. The summed E-state index contributed by atoms with van der Waals surface area (Å²) >= 11 is 1.34. The van der Waals surface area contributed by atoms with Crippen molar-refractivity contribution in [2.45, 2.75) is 29.3 Å². The van der Waals surface area contributed by atoms with E-state index in [2.05, 4.69) is 22.3 Å².